The molecule has 0 unspecified atom stereocenters. The van der Waals surface area contributed by atoms with Crippen molar-refractivity contribution < 1.29 is 4.74 Å². The molecule has 1 aromatic carbocycles. The highest BCUT2D eigenvalue weighted by Gasteiger charge is 2.03. The number of rotatable bonds is 5. The van der Waals surface area contributed by atoms with Crippen LogP contribution < -0.4 is 5.73 Å². The van der Waals surface area contributed by atoms with E-state index >= 15 is 0 Å². The molecule has 0 heterocycles. The van der Waals surface area contributed by atoms with Crippen molar-refractivity contribution in [2.75, 3.05) is 6.61 Å². The van der Waals surface area contributed by atoms with Crippen molar-refractivity contribution >= 4 is 15.9 Å². The number of halogens is 1. The van der Waals surface area contributed by atoms with Crippen LogP contribution >= 0.6 is 15.9 Å². The Morgan fingerprint density at radius 1 is 1.56 bits per heavy atom. The lowest BCUT2D eigenvalue weighted by Crippen LogP contribution is -2.17. The number of nitrogens with two attached hydrogens (primary N) is 1. The second-order valence-corrected chi connectivity index (χ2v) is 4.65. The molecule has 4 heteroatoms. The number of hydrogen-bond donors (Lipinski definition) is 1. The molecule has 0 bridgehead atoms. The van der Waals surface area contributed by atoms with E-state index in [1.807, 2.05) is 19.1 Å². The summed E-state index contributed by atoms with van der Waals surface area (Å²) in [6, 6.07) is 7.91. The van der Waals surface area contributed by atoms with Crippen molar-refractivity contribution in [1.29, 1.82) is 5.26 Å². The Balaban J connectivity index is 2.51. The van der Waals surface area contributed by atoms with Gasteiger partial charge in [0.05, 0.1) is 18.2 Å². The van der Waals surface area contributed by atoms with E-state index in [2.05, 4.69) is 22.0 Å². The van der Waals surface area contributed by atoms with Crippen LogP contribution in [-0.2, 0) is 11.3 Å². The topological polar surface area (TPSA) is 59.0 Å². The van der Waals surface area contributed by atoms with Gasteiger partial charge in [-0.3, -0.25) is 0 Å². The second-order valence-electron chi connectivity index (χ2n) is 3.73. The highest BCUT2D eigenvalue weighted by Crippen LogP contribution is 2.16. The van der Waals surface area contributed by atoms with Crippen LogP contribution in [0, 0.1) is 11.3 Å². The quantitative estimate of drug-likeness (QED) is 0.845. The summed E-state index contributed by atoms with van der Waals surface area (Å²) in [5.41, 5.74) is 7.17. The van der Waals surface area contributed by atoms with Crippen molar-refractivity contribution in [3.8, 4) is 6.07 Å². The summed E-state index contributed by atoms with van der Waals surface area (Å²) in [7, 11) is 0. The SMILES string of the molecule is C[C@@H](N)CCOCc1ccc(Br)cc1C#N. The summed E-state index contributed by atoms with van der Waals surface area (Å²) in [5, 5.41) is 8.94. The van der Waals surface area contributed by atoms with E-state index in [1.165, 1.54) is 0 Å². The first-order valence-electron chi connectivity index (χ1n) is 5.15. The van der Waals surface area contributed by atoms with E-state index in [0.717, 1.165) is 16.5 Å². The summed E-state index contributed by atoms with van der Waals surface area (Å²) >= 11 is 3.33. The molecule has 0 aliphatic heterocycles. The van der Waals surface area contributed by atoms with E-state index in [-0.39, 0.29) is 6.04 Å². The molecule has 3 nitrogen and oxygen atoms in total. The molecule has 1 aromatic rings. The Hall–Kier alpha value is -0.890. The van der Waals surface area contributed by atoms with Crippen LogP contribution in [0.1, 0.15) is 24.5 Å². The van der Waals surface area contributed by atoms with E-state index < -0.39 is 0 Å². The molecule has 2 N–H and O–H groups in total. The van der Waals surface area contributed by atoms with Crippen molar-refractivity contribution in [2.45, 2.75) is 26.0 Å². The predicted molar refractivity (Wildman–Crippen MR) is 66.8 cm³/mol. The molecule has 0 amide bonds. The Morgan fingerprint density at radius 3 is 2.94 bits per heavy atom. The fourth-order valence-corrected chi connectivity index (χ4v) is 1.59. The largest absolute Gasteiger partial charge is 0.377 e. The summed E-state index contributed by atoms with van der Waals surface area (Å²) < 4.78 is 6.37. The van der Waals surface area contributed by atoms with Crippen molar-refractivity contribution in [3.63, 3.8) is 0 Å². The Kier molecular flexibility index (Phi) is 5.47. The molecule has 0 saturated carbocycles. The fourth-order valence-electron chi connectivity index (χ4n) is 1.23. The number of nitrogens with zero attached hydrogens (tertiary/aromatic N) is 1. The third kappa shape index (κ3) is 4.31. The number of nitriles is 1. The van der Waals surface area contributed by atoms with Gasteiger partial charge in [0.15, 0.2) is 0 Å². The smallest absolute Gasteiger partial charge is 0.0995 e. The standard InChI is InChI=1S/C12H15BrN2O/c1-9(15)4-5-16-8-10-2-3-12(13)6-11(10)7-14/h2-3,6,9H,4-5,8,15H2,1H3/t9-/m1/s1. The number of benzene rings is 1. The molecule has 86 valence electrons. The molecule has 0 saturated heterocycles. The van der Waals surface area contributed by atoms with Crippen LogP contribution in [0.5, 0.6) is 0 Å². The summed E-state index contributed by atoms with van der Waals surface area (Å²) in [5.74, 6) is 0. The Morgan fingerprint density at radius 2 is 2.31 bits per heavy atom. The first-order chi connectivity index (χ1) is 7.63. The molecule has 0 spiro atoms. The van der Waals surface area contributed by atoms with Gasteiger partial charge in [-0.1, -0.05) is 22.0 Å². The van der Waals surface area contributed by atoms with Gasteiger partial charge in [-0.2, -0.15) is 5.26 Å². The van der Waals surface area contributed by atoms with Crippen molar-refractivity contribution in [3.05, 3.63) is 33.8 Å². The maximum absolute atomic E-state index is 8.94. The lowest BCUT2D eigenvalue weighted by Gasteiger charge is -2.08. The fraction of sp³-hybridized carbons (Fsp3) is 0.417. The average Bonchev–Trinajstić information content (AvgIpc) is 2.25. The molecule has 0 aliphatic rings. The Bertz CT molecular complexity index is 385. The van der Waals surface area contributed by atoms with Gasteiger partial charge in [-0.05, 0) is 31.0 Å². The predicted octanol–water partition coefficient (Wildman–Crippen LogP) is 2.57. The van der Waals surface area contributed by atoms with Crippen LogP contribution in [0.4, 0.5) is 0 Å². The normalized spacial score (nSPS) is 12.1. The zero-order chi connectivity index (χ0) is 12.0. The molecule has 0 fully saturated rings. The summed E-state index contributed by atoms with van der Waals surface area (Å²) in [4.78, 5) is 0. The van der Waals surface area contributed by atoms with Gasteiger partial charge < -0.3 is 10.5 Å². The van der Waals surface area contributed by atoms with Crippen LogP contribution in [0.2, 0.25) is 0 Å². The van der Waals surface area contributed by atoms with E-state index in [9.17, 15) is 0 Å². The molecule has 0 aromatic heterocycles. The zero-order valence-electron chi connectivity index (χ0n) is 9.24. The maximum Gasteiger partial charge on any atom is 0.0995 e. The van der Waals surface area contributed by atoms with Gasteiger partial charge in [0.25, 0.3) is 0 Å². The van der Waals surface area contributed by atoms with Crippen LogP contribution in [0.3, 0.4) is 0 Å². The van der Waals surface area contributed by atoms with Gasteiger partial charge >= 0.3 is 0 Å². The molecule has 0 radical (unpaired) electrons. The van der Waals surface area contributed by atoms with Crippen LogP contribution in [-0.4, -0.2) is 12.6 Å². The molecule has 1 atom stereocenters. The van der Waals surface area contributed by atoms with Crippen LogP contribution in [0.15, 0.2) is 22.7 Å². The van der Waals surface area contributed by atoms with Gasteiger partial charge in [-0.15, -0.1) is 0 Å². The third-order valence-corrected chi connectivity index (χ3v) is 2.66. The molecule has 1 rings (SSSR count). The first kappa shape index (κ1) is 13.2. The molecular formula is C12H15BrN2O. The van der Waals surface area contributed by atoms with Gasteiger partial charge in [-0.25, -0.2) is 0 Å². The third-order valence-electron chi connectivity index (χ3n) is 2.17. The number of ether oxygens (including phenoxy) is 1. The average molecular weight is 283 g/mol. The van der Waals surface area contributed by atoms with Crippen molar-refractivity contribution in [1.82, 2.24) is 0 Å². The minimum Gasteiger partial charge on any atom is -0.377 e. The van der Waals surface area contributed by atoms with Gasteiger partial charge in [0.2, 0.25) is 0 Å². The lowest BCUT2D eigenvalue weighted by molar-refractivity contribution is 0.115. The maximum atomic E-state index is 8.94. The van der Waals surface area contributed by atoms with E-state index in [1.54, 1.807) is 6.07 Å². The van der Waals surface area contributed by atoms with Crippen LogP contribution in [0.25, 0.3) is 0 Å². The molecule has 16 heavy (non-hydrogen) atoms. The van der Waals surface area contributed by atoms with E-state index in [0.29, 0.717) is 18.8 Å². The lowest BCUT2D eigenvalue weighted by atomic mass is 10.1. The zero-order valence-corrected chi connectivity index (χ0v) is 10.8. The first-order valence-corrected chi connectivity index (χ1v) is 5.94. The minimum absolute atomic E-state index is 0.153. The van der Waals surface area contributed by atoms with Crippen molar-refractivity contribution in [2.24, 2.45) is 5.73 Å². The molecular weight excluding hydrogens is 268 g/mol. The monoisotopic (exact) mass is 282 g/mol. The Labute approximate surface area is 104 Å². The van der Waals surface area contributed by atoms with E-state index in [4.69, 9.17) is 15.7 Å². The molecule has 0 aliphatic carbocycles. The highest BCUT2D eigenvalue weighted by atomic mass is 79.9. The second kappa shape index (κ2) is 6.64. The van der Waals surface area contributed by atoms with Gasteiger partial charge in [0, 0.05) is 17.1 Å². The highest BCUT2D eigenvalue weighted by molar-refractivity contribution is 9.10. The minimum atomic E-state index is 0.153. The summed E-state index contributed by atoms with van der Waals surface area (Å²) in [6.07, 6.45) is 0.832. The van der Waals surface area contributed by atoms with Gasteiger partial charge in [0.1, 0.15) is 0 Å². The summed E-state index contributed by atoms with van der Waals surface area (Å²) in [6.45, 7) is 3.03. The number of hydrogen-bond acceptors (Lipinski definition) is 3.